The number of carbonyl (C=O) groups is 3. The average molecular weight is 445 g/mol. The third kappa shape index (κ3) is 6.23. The summed E-state index contributed by atoms with van der Waals surface area (Å²) in [5.74, 6) is -1.34. The Labute approximate surface area is 172 Å². The SMILES string of the molecule is COC(OC)c1ccc(C(=O)OC[CH2][Co](=[O])[c]2ccc(C(C=O)C=O)cc2)cc1. The summed E-state index contributed by atoms with van der Waals surface area (Å²) < 4.78 is 28.4. The predicted molar refractivity (Wildman–Crippen MR) is 99.9 cm³/mol. The van der Waals surface area contributed by atoms with Crippen LogP contribution in [0.1, 0.15) is 33.7 Å². The molecule has 0 saturated heterocycles. The van der Waals surface area contributed by atoms with Gasteiger partial charge in [0.1, 0.15) is 0 Å². The summed E-state index contributed by atoms with van der Waals surface area (Å²) in [5.41, 5.74) is 1.68. The maximum atomic E-state index is 12.4. The zero-order chi connectivity index (χ0) is 21.2. The van der Waals surface area contributed by atoms with E-state index in [1.54, 1.807) is 48.5 Å². The van der Waals surface area contributed by atoms with Crippen LogP contribution >= 0.6 is 0 Å². The van der Waals surface area contributed by atoms with Gasteiger partial charge in [0.25, 0.3) is 0 Å². The summed E-state index contributed by atoms with van der Waals surface area (Å²) in [6.45, 7) is 0.000566. The van der Waals surface area contributed by atoms with Crippen LogP contribution < -0.4 is 4.50 Å². The van der Waals surface area contributed by atoms with Crippen LogP contribution in [0.3, 0.4) is 0 Å². The Hall–Kier alpha value is -2.52. The van der Waals surface area contributed by atoms with E-state index in [-0.39, 0.29) is 12.0 Å². The summed E-state index contributed by atoms with van der Waals surface area (Å²) in [5, 5.41) is 0.163. The number of hydrogen-bond acceptors (Lipinski definition) is 7. The molecule has 0 bridgehead atoms. The third-order valence-electron chi connectivity index (χ3n) is 4.05. The molecule has 0 aliphatic rings. The fourth-order valence-electron chi connectivity index (χ4n) is 2.50. The Bertz CT molecular complexity index is 834. The van der Waals surface area contributed by atoms with Gasteiger partial charge in [-0.3, -0.25) is 0 Å². The van der Waals surface area contributed by atoms with E-state index in [1.807, 2.05) is 0 Å². The normalized spacial score (nSPS) is 11.4. The topological polar surface area (TPSA) is 96.0 Å². The molecular weight excluding hydrogens is 423 g/mol. The van der Waals surface area contributed by atoms with Crippen LogP contribution in [0.4, 0.5) is 0 Å². The minimum atomic E-state index is -1.75. The fraction of sp³-hybridized carbons (Fsp3) is 0.286. The number of hydrogen-bond donors (Lipinski definition) is 0. The van der Waals surface area contributed by atoms with Crippen molar-refractivity contribution >= 4 is 23.0 Å². The Morgan fingerprint density at radius 2 is 1.48 bits per heavy atom. The predicted octanol–water partition coefficient (Wildman–Crippen LogP) is 2.32. The molecule has 0 N–H and O–H groups in total. The standard InChI is InChI=1S/C12H15O4.C9H7O2.Co.O/c1-4-16-11(13)9-5-7-10(8-6-9)12(14-2)15-3;10-6-9(7-11)8-4-2-1-3-5-8;;/h5-8,12H,1,4H2,2-3H3;2-7,9H;;. The van der Waals surface area contributed by atoms with Crippen molar-refractivity contribution in [2.75, 3.05) is 20.8 Å². The zero-order valence-corrected chi connectivity index (χ0v) is 17.1. The zero-order valence-electron chi connectivity index (χ0n) is 16.0. The first-order valence-electron chi connectivity index (χ1n) is 8.63. The molecule has 0 atom stereocenters. The summed E-state index contributed by atoms with van der Waals surface area (Å²) in [6.07, 6.45) is 0.598. The van der Waals surface area contributed by atoms with Crippen molar-refractivity contribution in [3.8, 4) is 0 Å². The Balaban J connectivity index is 1.87. The second kappa shape index (κ2) is 11.5. The van der Waals surface area contributed by atoms with Crippen LogP contribution in [0.2, 0.25) is 5.36 Å². The van der Waals surface area contributed by atoms with Gasteiger partial charge in [-0.15, -0.1) is 0 Å². The molecule has 29 heavy (non-hydrogen) atoms. The maximum absolute atomic E-state index is 12.4. The molecule has 0 spiro atoms. The van der Waals surface area contributed by atoms with Crippen molar-refractivity contribution in [1.29, 1.82) is 0 Å². The van der Waals surface area contributed by atoms with Gasteiger partial charge in [0.2, 0.25) is 0 Å². The molecule has 8 heteroatoms. The molecule has 0 aliphatic heterocycles. The van der Waals surface area contributed by atoms with Crippen LogP contribution in [-0.2, 0) is 41.3 Å². The molecular formula is C21H22CoO7. The average Bonchev–Trinajstić information content (AvgIpc) is 2.76. The number of benzene rings is 2. The first-order valence-corrected chi connectivity index (χ1v) is 10.3. The second-order valence-corrected chi connectivity index (χ2v) is 7.84. The molecule has 2 aromatic rings. The van der Waals surface area contributed by atoms with Crippen molar-refractivity contribution in [3.05, 3.63) is 65.2 Å². The number of esters is 1. The van der Waals surface area contributed by atoms with E-state index in [0.717, 1.165) is 5.56 Å². The number of carbonyl (C=O) groups excluding carboxylic acids is 3. The van der Waals surface area contributed by atoms with Crippen molar-refractivity contribution < 1.29 is 46.0 Å². The molecule has 0 aromatic heterocycles. The van der Waals surface area contributed by atoms with Crippen LogP contribution in [-0.4, -0.2) is 39.4 Å². The summed E-state index contributed by atoms with van der Waals surface area (Å²) >= 11 is -1.75. The molecule has 0 heterocycles. The number of rotatable bonds is 11. The fourth-order valence-corrected chi connectivity index (χ4v) is 3.66. The summed E-state index contributed by atoms with van der Waals surface area (Å²) in [7, 11) is 3.04. The van der Waals surface area contributed by atoms with Gasteiger partial charge >= 0.3 is 173 Å². The van der Waals surface area contributed by atoms with Crippen molar-refractivity contribution in [2.24, 2.45) is 0 Å². The first kappa shape index (κ1) is 22.8. The van der Waals surface area contributed by atoms with E-state index < -0.39 is 31.8 Å². The van der Waals surface area contributed by atoms with Crippen LogP contribution in [0.5, 0.6) is 0 Å². The molecule has 0 radical (unpaired) electrons. The molecule has 2 aromatic carbocycles. The van der Waals surface area contributed by atoms with Gasteiger partial charge in [-0.05, 0) is 0 Å². The molecule has 0 amide bonds. The van der Waals surface area contributed by atoms with Crippen molar-refractivity contribution in [1.82, 2.24) is 0 Å². The molecule has 157 valence electrons. The van der Waals surface area contributed by atoms with Gasteiger partial charge in [-0.2, -0.15) is 0 Å². The molecule has 0 unspecified atom stereocenters. The first-order chi connectivity index (χ1) is 14.0. The van der Waals surface area contributed by atoms with Crippen LogP contribution in [0, 0.1) is 0 Å². The van der Waals surface area contributed by atoms with Gasteiger partial charge in [0, 0.05) is 0 Å². The number of ether oxygens (including phenoxy) is 3. The van der Waals surface area contributed by atoms with Gasteiger partial charge in [-0.25, -0.2) is 0 Å². The van der Waals surface area contributed by atoms with Gasteiger partial charge in [-0.1, -0.05) is 0 Å². The molecule has 0 saturated carbocycles. The van der Waals surface area contributed by atoms with Crippen LogP contribution in [0.25, 0.3) is 0 Å². The summed E-state index contributed by atoms with van der Waals surface area (Å²) in [4.78, 5) is 33.7. The number of methoxy groups -OCH3 is 2. The van der Waals surface area contributed by atoms with Crippen molar-refractivity contribution in [2.45, 2.75) is 17.6 Å². The second-order valence-electron chi connectivity index (χ2n) is 5.83. The van der Waals surface area contributed by atoms with E-state index in [0.29, 0.717) is 28.2 Å². The third-order valence-corrected chi connectivity index (χ3v) is 5.75. The molecule has 2 rings (SSSR count). The Morgan fingerprint density at radius 1 is 0.931 bits per heavy atom. The van der Waals surface area contributed by atoms with Crippen molar-refractivity contribution in [3.63, 3.8) is 0 Å². The van der Waals surface area contributed by atoms with E-state index in [4.69, 9.17) is 14.2 Å². The number of aldehydes is 2. The van der Waals surface area contributed by atoms with Gasteiger partial charge in [0.15, 0.2) is 0 Å². The Morgan fingerprint density at radius 3 is 2.00 bits per heavy atom. The monoisotopic (exact) mass is 445 g/mol. The van der Waals surface area contributed by atoms with E-state index in [1.165, 1.54) is 14.2 Å². The Kier molecular flexibility index (Phi) is 9.00. The molecule has 0 aliphatic carbocycles. The van der Waals surface area contributed by atoms with Crippen LogP contribution in [0.15, 0.2) is 48.5 Å². The van der Waals surface area contributed by atoms with E-state index in [9.17, 15) is 18.2 Å². The minimum absolute atomic E-state index is 0.000566. The molecule has 0 fully saturated rings. The quantitative estimate of drug-likeness (QED) is 0.227. The van der Waals surface area contributed by atoms with E-state index in [2.05, 4.69) is 0 Å². The molecule has 7 nitrogen and oxygen atoms in total. The van der Waals surface area contributed by atoms with E-state index >= 15 is 0 Å². The summed E-state index contributed by atoms with van der Waals surface area (Å²) in [6, 6.07) is 13.0. The van der Waals surface area contributed by atoms with Gasteiger partial charge < -0.3 is 0 Å². The van der Waals surface area contributed by atoms with Gasteiger partial charge in [0.05, 0.1) is 0 Å².